The van der Waals surface area contributed by atoms with Gasteiger partial charge in [-0.1, -0.05) is 13.8 Å². The summed E-state index contributed by atoms with van der Waals surface area (Å²) in [6.07, 6.45) is 2.17. The van der Waals surface area contributed by atoms with Gasteiger partial charge in [-0.3, -0.25) is 0 Å². The molecule has 0 saturated heterocycles. The third-order valence-corrected chi connectivity index (χ3v) is 4.25. The Morgan fingerprint density at radius 1 is 1.50 bits per heavy atom. The molecule has 4 heteroatoms. The number of hydrogen-bond donors (Lipinski definition) is 2. The number of aliphatic hydroxyl groups is 1. The first kappa shape index (κ1) is 14.2. The van der Waals surface area contributed by atoms with Crippen LogP contribution in [0, 0.1) is 5.41 Å². The molecule has 1 aromatic rings. The van der Waals surface area contributed by atoms with Crippen molar-refractivity contribution in [1.82, 2.24) is 5.32 Å². The molecule has 0 aromatic carbocycles. The summed E-state index contributed by atoms with van der Waals surface area (Å²) in [5, 5.41) is 14.6. The number of aliphatic hydroxyl groups excluding tert-OH is 1. The lowest BCUT2D eigenvalue weighted by Crippen LogP contribution is -2.20. The molecular formula is C12H20BrNOS. The van der Waals surface area contributed by atoms with Crippen molar-refractivity contribution in [2.75, 3.05) is 13.2 Å². The van der Waals surface area contributed by atoms with E-state index in [1.165, 1.54) is 4.88 Å². The smallest absolute Gasteiger partial charge is 0.0482 e. The van der Waals surface area contributed by atoms with Gasteiger partial charge in [0.25, 0.3) is 0 Å². The van der Waals surface area contributed by atoms with Crippen molar-refractivity contribution in [3.63, 3.8) is 0 Å². The lowest BCUT2D eigenvalue weighted by Gasteiger charge is -2.21. The van der Waals surface area contributed by atoms with Gasteiger partial charge in [-0.25, -0.2) is 0 Å². The maximum atomic E-state index is 9.11. The highest BCUT2D eigenvalue weighted by atomic mass is 79.9. The summed E-state index contributed by atoms with van der Waals surface area (Å²) in [5.41, 5.74) is 0.0631. The molecule has 0 spiro atoms. The molecule has 0 saturated carbocycles. The second kappa shape index (κ2) is 6.74. The van der Waals surface area contributed by atoms with E-state index in [2.05, 4.69) is 46.5 Å². The summed E-state index contributed by atoms with van der Waals surface area (Å²) in [4.78, 5) is 1.35. The highest BCUT2D eigenvalue weighted by Gasteiger charge is 2.15. The third kappa shape index (κ3) is 5.43. The molecule has 1 aromatic heterocycles. The Morgan fingerprint density at radius 3 is 2.81 bits per heavy atom. The van der Waals surface area contributed by atoms with Gasteiger partial charge in [0.1, 0.15) is 0 Å². The van der Waals surface area contributed by atoms with Gasteiger partial charge in [-0.05, 0) is 46.8 Å². The molecule has 0 aliphatic heterocycles. The van der Waals surface area contributed by atoms with E-state index in [1.54, 1.807) is 11.3 Å². The van der Waals surface area contributed by atoms with Crippen molar-refractivity contribution in [3.05, 3.63) is 20.8 Å². The predicted octanol–water partition coefficient (Wildman–Crippen LogP) is 3.40. The SMILES string of the molecule is CC(C)(CO)CCCNCc1cc(Br)cs1. The molecule has 0 unspecified atom stereocenters. The minimum absolute atomic E-state index is 0.0631. The van der Waals surface area contributed by atoms with E-state index in [-0.39, 0.29) is 12.0 Å². The highest BCUT2D eigenvalue weighted by Crippen LogP contribution is 2.21. The molecule has 0 bridgehead atoms. The minimum Gasteiger partial charge on any atom is -0.396 e. The van der Waals surface area contributed by atoms with E-state index in [4.69, 9.17) is 5.11 Å². The number of hydrogen-bond acceptors (Lipinski definition) is 3. The molecule has 0 radical (unpaired) electrons. The Balaban J connectivity index is 2.08. The van der Waals surface area contributed by atoms with Gasteiger partial charge in [-0.15, -0.1) is 11.3 Å². The average Bonchev–Trinajstić information content (AvgIpc) is 2.64. The van der Waals surface area contributed by atoms with Crippen LogP contribution in [0.15, 0.2) is 15.9 Å². The fraction of sp³-hybridized carbons (Fsp3) is 0.667. The van der Waals surface area contributed by atoms with Gasteiger partial charge in [-0.2, -0.15) is 0 Å². The first-order chi connectivity index (χ1) is 7.53. The van der Waals surface area contributed by atoms with Crippen LogP contribution in [-0.4, -0.2) is 18.3 Å². The van der Waals surface area contributed by atoms with Crippen molar-refractivity contribution < 1.29 is 5.11 Å². The Hall–Kier alpha value is 0.1000. The fourth-order valence-electron chi connectivity index (χ4n) is 1.43. The van der Waals surface area contributed by atoms with Crippen LogP contribution in [0.2, 0.25) is 0 Å². The van der Waals surface area contributed by atoms with E-state index < -0.39 is 0 Å². The summed E-state index contributed by atoms with van der Waals surface area (Å²) in [5.74, 6) is 0. The molecule has 0 aliphatic carbocycles. The summed E-state index contributed by atoms with van der Waals surface area (Å²) < 4.78 is 1.16. The van der Waals surface area contributed by atoms with E-state index in [1.807, 2.05) is 0 Å². The molecule has 0 aliphatic rings. The highest BCUT2D eigenvalue weighted by molar-refractivity contribution is 9.10. The Kier molecular flexibility index (Phi) is 5.97. The Bertz CT molecular complexity index is 312. The number of nitrogens with one attached hydrogen (secondary N) is 1. The van der Waals surface area contributed by atoms with Crippen molar-refractivity contribution in [1.29, 1.82) is 0 Å². The standard InChI is InChI=1S/C12H20BrNOS/c1-12(2,9-15)4-3-5-14-7-11-6-10(13)8-16-11/h6,8,14-15H,3-5,7,9H2,1-2H3. The van der Waals surface area contributed by atoms with Crippen LogP contribution >= 0.6 is 27.3 Å². The molecule has 0 amide bonds. The summed E-state index contributed by atoms with van der Waals surface area (Å²) in [7, 11) is 0. The fourth-order valence-corrected chi connectivity index (χ4v) is 2.85. The van der Waals surface area contributed by atoms with Crippen LogP contribution in [0.25, 0.3) is 0 Å². The minimum atomic E-state index is 0.0631. The molecular weight excluding hydrogens is 286 g/mol. The first-order valence-electron chi connectivity index (χ1n) is 5.58. The van der Waals surface area contributed by atoms with Crippen LogP contribution in [0.5, 0.6) is 0 Å². The second-order valence-corrected chi connectivity index (χ2v) is 6.75. The molecule has 2 N–H and O–H groups in total. The Labute approximate surface area is 110 Å². The molecule has 16 heavy (non-hydrogen) atoms. The van der Waals surface area contributed by atoms with Crippen molar-refractivity contribution >= 4 is 27.3 Å². The van der Waals surface area contributed by atoms with Crippen molar-refractivity contribution in [2.24, 2.45) is 5.41 Å². The number of rotatable bonds is 7. The van der Waals surface area contributed by atoms with E-state index in [9.17, 15) is 0 Å². The van der Waals surface area contributed by atoms with Crippen molar-refractivity contribution in [3.8, 4) is 0 Å². The summed E-state index contributed by atoms with van der Waals surface area (Å²) in [6, 6.07) is 2.15. The molecule has 1 rings (SSSR count). The maximum Gasteiger partial charge on any atom is 0.0482 e. The molecule has 0 atom stereocenters. The lowest BCUT2D eigenvalue weighted by molar-refractivity contribution is 0.148. The third-order valence-electron chi connectivity index (χ3n) is 2.56. The Morgan fingerprint density at radius 2 is 2.25 bits per heavy atom. The van der Waals surface area contributed by atoms with E-state index in [0.29, 0.717) is 0 Å². The van der Waals surface area contributed by atoms with Crippen LogP contribution in [-0.2, 0) is 6.54 Å². The normalized spacial score (nSPS) is 12.0. The summed E-state index contributed by atoms with van der Waals surface area (Å²) in [6.45, 7) is 6.42. The van der Waals surface area contributed by atoms with Gasteiger partial charge >= 0.3 is 0 Å². The number of halogens is 1. The summed E-state index contributed by atoms with van der Waals surface area (Å²) >= 11 is 5.21. The molecule has 0 fully saturated rings. The van der Waals surface area contributed by atoms with Gasteiger partial charge in [0.05, 0.1) is 0 Å². The van der Waals surface area contributed by atoms with E-state index in [0.717, 1.165) is 30.4 Å². The van der Waals surface area contributed by atoms with Gasteiger partial charge in [0.2, 0.25) is 0 Å². The second-order valence-electron chi connectivity index (χ2n) is 4.83. The molecule has 1 heterocycles. The lowest BCUT2D eigenvalue weighted by atomic mass is 9.89. The van der Waals surface area contributed by atoms with Crippen LogP contribution in [0.1, 0.15) is 31.6 Å². The van der Waals surface area contributed by atoms with Gasteiger partial charge in [0.15, 0.2) is 0 Å². The van der Waals surface area contributed by atoms with Crippen LogP contribution in [0.3, 0.4) is 0 Å². The molecule has 92 valence electrons. The predicted molar refractivity (Wildman–Crippen MR) is 73.8 cm³/mol. The van der Waals surface area contributed by atoms with E-state index >= 15 is 0 Å². The van der Waals surface area contributed by atoms with Gasteiger partial charge in [0, 0.05) is 27.9 Å². The largest absolute Gasteiger partial charge is 0.396 e. The van der Waals surface area contributed by atoms with Crippen LogP contribution in [0.4, 0.5) is 0 Å². The monoisotopic (exact) mass is 305 g/mol. The van der Waals surface area contributed by atoms with Gasteiger partial charge < -0.3 is 10.4 Å². The maximum absolute atomic E-state index is 9.11. The average molecular weight is 306 g/mol. The topological polar surface area (TPSA) is 32.3 Å². The van der Waals surface area contributed by atoms with Crippen LogP contribution < -0.4 is 5.32 Å². The van der Waals surface area contributed by atoms with Crippen molar-refractivity contribution in [2.45, 2.75) is 33.2 Å². The zero-order valence-corrected chi connectivity index (χ0v) is 12.3. The number of thiophene rings is 1. The zero-order chi connectivity index (χ0) is 12.0. The first-order valence-corrected chi connectivity index (χ1v) is 7.25. The molecule has 2 nitrogen and oxygen atoms in total. The quantitative estimate of drug-likeness (QED) is 0.757. The zero-order valence-electron chi connectivity index (χ0n) is 9.92.